The summed E-state index contributed by atoms with van der Waals surface area (Å²) < 4.78 is 26.5. The average Bonchev–Trinajstić information content (AvgIpc) is 2.63. The van der Waals surface area contributed by atoms with Gasteiger partial charge in [-0.3, -0.25) is 0 Å². The van der Waals surface area contributed by atoms with Crippen molar-refractivity contribution < 1.29 is 8.78 Å². The second kappa shape index (κ2) is 6.87. The minimum atomic E-state index is -0.515. The molecule has 1 nitrogen and oxygen atoms in total. The topological polar surface area (TPSA) is 12.0 Å². The second-order valence-electron chi connectivity index (χ2n) is 7.38. The van der Waals surface area contributed by atoms with Gasteiger partial charge in [0.05, 0.1) is 0 Å². The molecule has 2 rings (SSSR count). The first-order valence-electron chi connectivity index (χ1n) is 8.03. The summed E-state index contributed by atoms with van der Waals surface area (Å²) in [6, 6.07) is 4.26. The van der Waals surface area contributed by atoms with E-state index in [1.54, 1.807) is 0 Å². The molecule has 1 aliphatic carbocycles. The summed E-state index contributed by atoms with van der Waals surface area (Å²) in [6.07, 6.45) is 6.03. The van der Waals surface area contributed by atoms with Crippen LogP contribution in [0.3, 0.4) is 0 Å². The highest BCUT2D eigenvalue weighted by molar-refractivity contribution is 5.18. The lowest BCUT2D eigenvalue weighted by atomic mass is 9.76. The molecule has 1 aromatic rings. The third-order valence-electron chi connectivity index (χ3n) is 4.79. The van der Waals surface area contributed by atoms with Crippen LogP contribution in [0.4, 0.5) is 8.78 Å². The average molecular weight is 295 g/mol. The Morgan fingerprint density at radius 1 is 1.10 bits per heavy atom. The molecule has 0 amide bonds. The summed E-state index contributed by atoms with van der Waals surface area (Å²) in [5.41, 5.74) is 0.922. The molecule has 0 saturated heterocycles. The Kier molecular flexibility index (Phi) is 5.37. The summed E-state index contributed by atoms with van der Waals surface area (Å²) in [4.78, 5) is 0. The fraction of sp³-hybridized carbons (Fsp3) is 0.667. The van der Waals surface area contributed by atoms with Crippen molar-refractivity contribution in [3.8, 4) is 0 Å². The molecule has 0 spiro atoms. The van der Waals surface area contributed by atoms with Crippen molar-refractivity contribution in [2.24, 2.45) is 11.3 Å². The zero-order chi connectivity index (χ0) is 15.5. The molecule has 1 N–H and O–H groups in total. The zero-order valence-electron chi connectivity index (χ0n) is 13.4. The number of rotatable bonds is 3. The van der Waals surface area contributed by atoms with Crippen molar-refractivity contribution in [1.82, 2.24) is 5.32 Å². The fourth-order valence-corrected chi connectivity index (χ4v) is 3.29. The molecule has 2 unspecified atom stereocenters. The van der Waals surface area contributed by atoms with Crippen LogP contribution >= 0.6 is 0 Å². The standard InChI is InChI=1S/C18H27F2N/c1-18(2,3)14-5-4-6-16(10-8-14)21-12-13-7-9-15(19)11-17(13)20/h7,9,11,14,16,21H,4-6,8,10,12H2,1-3H3. The predicted octanol–water partition coefficient (Wildman–Crippen LogP) is 5.05. The van der Waals surface area contributed by atoms with Gasteiger partial charge >= 0.3 is 0 Å². The normalized spacial score (nSPS) is 23.9. The highest BCUT2D eigenvalue weighted by Gasteiger charge is 2.27. The van der Waals surface area contributed by atoms with E-state index in [9.17, 15) is 8.78 Å². The molecule has 1 aliphatic rings. The van der Waals surface area contributed by atoms with Crippen molar-refractivity contribution in [3.63, 3.8) is 0 Å². The molecular weight excluding hydrogens is 268 g/mol. The van der Waals surface area contributed by atoms with Crippen LogP contribution in [-0.4, -0.2) is 6.04 Å². The minimum Gasteiger partial charge on any atom is -0.310 e. The number of hydrogen-bond donors (Lipinski definition) is 1. The van der Waals surface area contributed by atoms with Gasteiger partial charge in [0.25, 0.3) is 0 Å². The number of hydrogen-bond acceptors (Lipinski definition) is 1. The lowest BCUT2D eigenvalue weighted by Gasteiger charge is -2.29. The van der Waals surface area contributed by atoms with Gasteiger partial charge in [-0.05, 0) is 43.1 Å². The molecule has 0 heterocycles. The quantitative estimate of drug-likeness (QED) is 0.769. The Labute approximate surface area is 127 Å². The van der Waals surface area contributed by atoms with Crippen molar-refractivity contribution >= 4 is 0 Å². The van der Waals surface area contributed by atoms with E-state index in [-0.39, 0.29) is 0 Å². The highest BCUT2D eigenvalue weighted by atomic mass is 19.1. The maximum atomic E-state index is 13.6. The van der Waals surface area contributed by atoms with Gasteiger partial charge in [-0.2, -0.15) is 0 Å². The fourth-order valence-electron chi connectivity index (χ4n) is 3.29. The van der Waals surface area contributed by atoms with Gasteiger partial charge in [-0.1, -0.05) is 33.3 Å². The molecule has 1 aromatic carbocycles. The second-order valence-corrected chi connectivity index (χ2v) is 7.38. The molecule has 0 aliphatic heterocycles. The van der Waals surface area contributed by atoms with E-state index < -0.39 is 11.6 Å². The van der Waals surface area contributed by atoms with Crippen LogP contribution in [0.2, 0.25) is 0 Å². The minimum absolute atomic E-state index is 0.373. The molecule has 2 atom stereocenters. The zero-order valence-corrected chi connectivity index (χ0v) is 13.4. The van der Waals surface area contributed by atoms with Gasteiger partial charge in [-0.25, -0.2) is 8.78 Å². The lowest BCUT2D eigenvalue weighted by molar-refractivity contribution is 0.213. The number of benzene rings is 1. The Hall–Kier alpha value is -0.960. The summed E-state index contributed by atoms with van der Waals surface area (Å²) in [5.74, 6) is -0.200. The van der Waals surface area contributed by atoms with E-state index in [1.165, 1.54) is 31.4 Å². The van der Waals surface area contributed by atoms with E-state index in [4.69, 9.17) is 0 Å². The van der Waals surface area contributed by atoms with E-state index in [1.807, 2.05) is 0 Å². The predicted molar refractivity (Wildman–Crippen MR) is 83.0 cm³/mol. The Morgan fingerprint density at radius 2 is 1.86 bits per heavy atom. The van der Waals surface area contributed by atoms with Gasteiger partial charge < -0.3 is 5.32 Å². The van der Waals surface area contributed by atoms with Gasteiger partial charge in [0, 0.05) is 24.2 Å². The highest BCUT2D eigenvalue weighted by Crippen LogP contribution is 2.36. The Balaban J connectivity index is 1.86. The molecular formula is C18H27F2N. The number of nitrogens with one attached hydrogen (secondary N) is 1. The largest absolute Gasteiger partial charge is 0.310 e. The summed E-state index contributed by atoms with van der Waals surface area (Å²) in [7, 11) is 0. The molecule has 1 fully saturated rings. The Bertz CT molecular complexity index is 465. The first-order chi connectivity index (χ1) is 9.86. The van der Waals surface area contributed by atoms with E-state index in [2.05, 4.69) is 26.1 Å². The van der Waals surface area contributed by atoms with Crippen LogP contribution in [0.25, 0.3) is 0 Å². The van der Waals surface area contributed by atoms with E-state index >= 15 is 0 Å². The maximum absolute atomic E-state index is 13.6. The van der Waals surface area contributed by atoms with Crippen LogP contribution < -0.4 is 5.32 Å². The third-order valence-corrected chi connectivity index (χ3v) is 4.79. The first-order valence-corrected chi connectivity index (χ1v) is 8.03. The van der Waals surface area contributed by atoms with E-state index in [0.717, 1.165) is 24.8 Å². The monoisotopic (exact) mass is 295 g/mol. The van der Waals surface area contributed by atoms with Gasteiger partial charge in [0.1, 0.15) is 11.6 Å². The summed E-state index contributed by atoms with van der Waals surface area (Å²) in [5, 5.41) is 3.45. The van der Waals surface area contributed by atoms with Crippen molar-refractivity contribution in [2.45, 2.75) is 65.5 Å². The summed E-state index contributed by atoms with van der Waals surface area (Å²) in [6.45, 7) is 7.44. The van der Waals surface area contributed by atoms with Crippen molar-refractivity contribution in [1.29, 1.82) is 0 Å². The van der Waals surface area contributed by atoms with Gasteiger partial charge in [0.15, 0.2) is 0 Å². The SMILES string of the molecule is CC(C)(C)C1CCCC(NCc2ccc(F)cc2F)CC1. The van der Waals surface area contributed by atoms with Gasteiger partial charge in [0.2, 0.25) is 0 Å². The van der Waals surface area contributed by atoms with Gasteiger partial charge in [-0.15, -0.1) is 0 Å². The van der Waals surface area contributed by atoms with Crippen LogP contribution in [0.5, 0.6) is 0 Å². The molecule has 21 heavy (non-hydrogen) atoms. The molecule has 0 radical (unpaired) electrons. The van der Waals surface area contributed by atoms with Crippen molar-refractivity contribution in [2.75, 3.05) is 0 Å². The van der Waals surface area contributed by atoms with Crippen LogP contribution in [0.15, 0.2) is 18.2 Å². The maximum Gasteiger partial charge on any atom is 0.130 e. The molecule has 1 saturated carbocycles. The molecule has 118 valence electrons. The van der Waals surface area contributed by atoms with Crippen LogP contribution in [-0.2, 0) is 6.54 Å². The van der Waals surface area contributed by atoms with E-state index in [0.29, 0.717) is 23.6 Å². The van der Waals surface area contributed by atoms with Crippen molar-refractivity contribution in [3.05, 3.63) is 35.4 Å². The third kappa shape index (κ3) is 4.77. The molecule has 3 heteroatoms. The Morgan fingerprint density at radius 3 is 2.52 bits per heavy atom. The number of halogens is 2. The molecule has 0 bridgehead atoms. The smallest absolute Gasteiger partial charge is 0.130 e. The van der Waals surface area contributed by atoms with Crippen LogP contribution in [0, 0.1) is 23.0 Å². The first kappa shape index (κ1) is 16.4. The molecule has 0 aromatic heterocycles. The summed E-state index contributed by atoms with van der Waals surface area (Å²) >= 11 is 0. The lowest BCUT2D eigenvalue weighted by Crippen LogP contribution is -2.28. The van der Waals surface area contributed by atoms with Crippen LogP contribution in [0.1, 0.15) is 58.4 Å².